The van der Waals surface area contributed by atoms with Crippen molar-refractivity contribution >= 4 is 28.8 Å². The van der Waals surface area contributed by atoms with E-state index in [9.17, 15) is 4.39 Å². The fourth-order valence-corrected chi connectivity index (χ4v) is 1.87. The maximum Gasteiger partial charge on any atom is 0.167 e. The third kappa shape index (κ3) is 2.62. The van der Waals surface area contributed by atoms with Crippen LogP contribution >= 0.6 is 23.8 Å². The number of rotatable bonds is 3. The molecule has 0 amide bonds. The molecule has 0 radical (unpaired) electrons. The van der Waals surface area contributed by atoms with Gasteiger partial charge in [0.2, 0.25) is 0 Å². The van der Waals surface area contributed by atoms with Gasteiger partial charge in [-0.15, -0.1) is 0 Å². The van der Waals surface area contributed by atoms with Gasteiger partial charge in [-0.2, -0.15) is 0 Å². The lowest BCUT2D eigenvalue weighted by atomic mass is 10.2. The average molecular weight is 270 g/mol. The third-order valence-electron chi connectivity index (χ3n) is 2.28. The summed E-state index contributed by atoms with van der Waals surface area (Å²) >= 11 is 10.7. The number of thiocarbonyl (C=S) groups is 1. The van der Waals surface area contributed by atoms with Crippen molar-refractivity contribution in [3.8, 4) is 0 Å². The highest BCUT2D eigenvalue weighted by Gasteiger charge is 2.09. The van der Waals surface area contributed by atoms with Crippen LogP contribution in [0.25, 0.3) is 0 Å². The number of hydrogen-bond donors (Lipinski definition) is 1. The molecule has 0 saturated heterocycles. The van der Waals surface area contributed by atoms with Crippen LogP contribution in [0, 0.1) is 5.82 Å². The Morgan fingerprint density at radius 1 is 1.53 bits per heavy atom. The lowest BCUT2D eigenvalue weighted by Gasteiger charge is -2.08. The highest BCUT2D eigenvalue weighted by Crippen LogP contribution is 2.16. The Morgan fingerprint density at radius 2 is 2.29 bits per heavy atom. The van der Waals surface area contributed by atoms with E-state index in [2.05, 4.69) is 4.98 Å². The molecule has 0 aliphatic rings. The second-order valence-electron chi connectivity index (χ2n) is 3.48. The molecule has 17 heavy (non-hydrogen) atoms. The van der Waals surface area contributed by atoms with Crippen LogP contribution in [0.4, 0.5) is 4.39 Å². The first-order chi connectivity index (χ1) is 8.08. The lowest BCUT2D eigenvalue weighted by molar-refractivity contribution is 0.599. The minimum atomic E-state index is -0.322. The van der Waals surface area contributed by atoms with Crippen LogP contribution in [0.3, 0.4) is 0 Å². The SMILES string of the molecule is NC(=S)c1nccn1Cc1cc(Cl)ccc1F. The summed E-state index contributed by atoms with van der Waals surface area (Å²) in [4.78, 5) is 4.18. The molecule has 2 rings (SSSR count). The second kappa shape index (κ2) is 4.81. The Labute approximate surface area is 108 Å². The van der Waals surface area contributed by atoms with Gasteiger partial charge >= 0.3 is 0 Å². The Balaban J connectivity index is 2.34. The monoisotopic (exact) mass is 269 g/mol. The first kappa shape index (κ1) is 12.0. The molecule has 0 fully saturated rings. The zero-order valence-corrected chi connectivity index (χ0v) is 10.3. The fraction of sp³-hybridized carbons (Fsp3) is 0.0909. The van der Waals surface area contributed by atoms with Crippen LogP contribution in [-0.2, 0) is 6.54 Å². The van der Waals surface area contributed by atoms with Gasteiger partial charge in [0, 0.05) is 23.0 Å². The lowest BCUT2D eigenvalue weighted by Crippen LogP contribution is -2.17. The minimum absolute atomic E-state index is 0.178. The maximum absolute atomic E-state index is 13.5. The van der Waals surface area contributed by atoms with E-state index in [1.807, 2.05) is 0 Å². The molecule has 3 nitrogen and oxygen atoms in total. The summed E-state index contributed by atoms with van der Waals surface area (Å²) in [6.45, 7) is 0.291. The zero-order valence-electron chi connectivity index (χ0n) is 8.73. The number of hydrogen-bond acceptors (Lipinski definition) is 2. The number of imidazole rings is 1. The number of benzene rings is 1. The summed E-state index contributed by atoms with van der Waals surface area (Å²) in [5.41, 5.74) is 5.97. The highest BCUT2D eigenvalue weighted by atomic mass is 35.5. The molecule has 88 valence electrons. The summed E-state index contributed by atoms with van der Waals surface area (Å²) in [7, 11) is 0. The number of nitrogens with two attached hydrogens (primary N) is 1. The standard InChI is InChI=1S/C11H9ClFN3S/c12-8-1-2-9(13)7(5-8)6-16-4-3-15-11(16)10(14)17/h1-5H,6H2,(H2,14,17). The number of nitrogens with zero attached hydrogens (tertiary/aromatic N) is 2. The minimum Gasteiger partial charge on any atom is -0.387 e. The third-order valence-corrected chi connectivity index (χ3v) is 2.70. The summed E-state index contributed by atoms with van der Waals surface area (Å²) in [6.07, 6.45) is 3.26. The van der Waals surface area contributed by atoms with Gasteiger partial charge < -0.3 is 10.3 Å². The molecular weight excluding hydrogens is 261 g/mol. The molecule has 0 atom stereocenters. The van der Waals surface area contributed by atoms with Crippen molar-refractivity contribution in [2.24, 2.45) is 5.73 Å². The van der Waals surface area contributed by atoms with E-state index < -0.39 is 0 Å². The summed E-state index contributed by atoms with van der Waals surface area (Å²) in [6, 6.07) is 4.40. The van der Waals surface area contributed by atoms with Gasteiger partial charge in [-0.25, -0.2) is 9.37 Å². The van der Waals surface area contributed by atoms with E-state index in [0.29, 0.717) is 23.0 Å². The molecule has 0 saturated carbocycles. The first-order valence-corrected chi connectivity index (χ1v) is 5.61. The van der Waals surface area contributed by atoms with Gasteiger partial charge in [-0.1, -0.05) is 23.8 Å². The van der Waals surface area contributed by atoms with Gasteiger partial charge in [-0.05, 0) is 18.2 Å². The molecule has 0 spiro atoms. The van der Waals surface area contributed by atoms with Crippen LogP contribution < -0.4 is 5.73 Å². The van der Waals surface area contributed by atoms with Crippen LogP contribution in [0.2, 0.25) is 5.02 Å². The maximum atomic E-state index is 13.5. The summed E-state index contributed by atoms with van der Waals surface area (Å²) in [5, 5.41) is 0.485. The van der Waals surface area contributed by atoms with Gasteiger partial charge in [0.25, 0.3) is 0 Å². The predicted molar refractivity (Wildman–Crippen MR) is 68.6 cm³/mol. The van der Waals surface area contributed by atoms with E-state index in [1.54, 1.807) is 23.0 Å². The van der Waals surface area contributed by atoms with Crippen molar-refractivity contribution in [1.29, 1.82) is 0 Å². The van der Waals surface area contributed by atoms with Gasteiger partial charge in [0.15, 0.2) is 5.82 Å². The second-order valence-corrected chi connectivity index (χ2v) is 4.35. The van der Waals surface area contributed by atoms with E-state index >= 15 is 0 Å². The molecule has 1 aromatic carbocycles. The topological polar surface area (TPSA) is 43.8 Å². The summed E-state index contributed by atoms with van der Waals surface area (Å²) < 4.78 is 15.2. The highest BCUT2D eigenvalue weighted by molar-refractivity contribution is 7.80. The van der Waals surface area contributed by atoms with Crippen molar-refractivity contribution in [3.63, 3.8) is 0 Å². The van der Waals surface area contributed by atoms with E-state index in [-0.39, 0.29) is 10.8 Å². The molecular formula is C11H9ClFN3S. The van der Waals surface area contributed by atoms with E-state index in [0.717, 1.165) is 0 Å². The van der Waals surface area contributed by atoms with Crippen molar-refractivity contribution in [2.75, 3.05) is 0 Å². The number of aromatic nitrogens is 2. The molecule has 0 aliphatic carbocycles. The van der Waals surface area contributed by atoms with E-state index in [4.69, 9.17) is 29.6 Å². The van der Waals surface area contributed by atoms with Crippen LogP contribution in [0.15, 0.2) is 30.6 Å². The molecule has 0 unspecified atom stereocenters. The normalized spacial score (nSPS) is 10.5. The van der Waals surface area contributed by atoms with Crippen molar-refractivity contribution < 1.29 is 4.39 Å². The molecule has 1 heterocycles. The molecule has 2 aromatic rings. The Hall–Kier alpha value is -1.46. The number of halogens is 2. The molecule has 6 heteroatoms. The van der Waals surface area contributed by atoms with Crippen molar-refractivity contribution in [2.45, 2.75) is 6.54 Å². The quantitative estimate of drug-likeness (QED) is 0.870. The Morgan fingerprint density at radius 3 is 3.00 bits per heavy atom. The van der Waals surface area contributed by atoms with Gasteiger partial charge in [0.05, 0.1) is 6.54 Å². The van der Waals surface area contributed by atoms with Crippen LogP contribution in [0.1, 0.15) is 11.4 Å². The molecule has 0 bridgehead atoms. The predicted octanol–water partition coefficient (Wildman–Crippen LogP) is 2.36. The van der Waals surface area contributed by atoms with Gasteiger partial charge in [0.1, 0.15) is 10.8 Å². The average Bonchev–Trinajstić information content (AvgIpc) is 2.71. The van der Waals surface area contributed by atoms with Crippen LogP contribution in [-0.4, -0.2) is 14.5 Å². The largest absolute Gasteiger partial charge is 0.387 e. The van der Waals surface area contributed by atoms with Gasteiger partial charge in [-0.3, -0.25) is 0 Å². The van der Waals surface area contributed by atoms with Crippen LogP contribution in [0.5, 0.6) is 0 Å². The first-order valence-electron chi connectivity index (χ1n) is 4.83. The van der Waals surface area contributed by atoms with Crippen molar-refractivity contribution in [1.82, 2.24) is 9.55 Å². The zero-order chi connectivity index (χ0) is 12.4. The van der Waals surface area contributed by atoms with E-state index in [1.165, 1.54) is 12.1 Å². The summed E-state index contributed by atoms with van der Waals surface area (Å²) in [5.74, 6) is 0.136. The smallest absolute Gasteiger partial charge is 0.167 e. The Kier molecular flexibility index (Phi) is 3.40. The van der Waals surface area contributed by atoms with Crippen molar-refractivity contribution in [3.05, 3.63) is 52.8 Å². The molecule has 1 aromatic heterocycles. The molecule has 2 N–H and O–H groups in total. The fourth-order valence-electron chi connectivity index (χ4n) is 1.51. The Bertz CT molecular complexity index is 568. The molecule has 0 aliphatic heterocycles.